The van der Waals surface area contributed by atoms with E-state index in [2.05, 4.69) is 15.9 Å². The minimum atomic E-state index is -0.301. The number of carbonyl (C=O) groups is 2. The summed E-state index contributed by atoms with van der Waals surface area (Å²) in [6.07, 6.45) is 1.66. The van der Waals surface area contributed by atoms with Crippen LogP contribution >= 0.6 is 15.9 Å². The number of halogens is 1. The molecule has 0 bridgehead atoms. The number of primary amides is 1. The lowest BCUT2D eigenvalue weighted by molar-refractivity contribution is -0.134. The van der Waals surface area contributed by atoms with Gasteiger partial charge in [-0.25, -0.2) is 0 Å². The minimum Gasteiger partial charge on any atom is -0.369 e. The maximum atomic E-state index is 11.6. The van der Waals surface area contributed by atoms with Crippen LogP contribution in [0.5, 0.6) is 0 Å². The van der Waals surface area contributed by atoms with Crippen LogP contribution in [0.2, 0.25) is 0 Å². The van der Waals surface area contributed by atoms with Crippen molar-refractivity contribution in [3.05, 3.63) is 0 Å². The topological polar surface area (TPSA) is 63.4 Å². The summed E-state index contributed by atoms with van der Waals surface area (Å²) in [6.45, 7) is 3.00. The quantitative estimate of drug-likeness (QED) is 0.737. The molecule has 4 nitrogen and oxygen atoms in total. The molecule has 80 valence electrons. The zero-order chi connectivity index (χ0) is 10.7. The highest BCUT2D eigenvalue weighted by Crippen LogP contribution is 2.18. The standard InChI is InChI=1S/C9H15BrN2O2/c1-6(10)9(14)12-4-2-3-7(5-12)8(11)13/h6-7H,2-5H2,1H3,(H2,11,13). The first-order chi connectivity index (χ1) is 6.52. The largest absolute Gasteiger partial charge is 0.369 e. The third kappa shape index (κ3) is 2.70. The fourth-order valence-electron chi connectivity index (χ4n) is 1.66. The normalized spacial score (nSPS) is 24.4. The Labute approximate surface area is 91.9 Å². The first kappa shape index (κ1) is 11.5. The fraction of sp³-hybridized carbons (Fsp3) is 0.778. The Morgan fingerprint density at radius 1 is 1.57 bits per heavy atom. The maximum Gasteiger partial charge on any atom is 0.236 e. The molecule has 2 atom stereocenters. The van der Waals surface area contributed by atoms with Crippen molar-refractivity contribution < 1.29 is 9.59 Å². The van der Waals surface area contributed by atoms with Crippen LogP contribution in [0.25, 0.3) is 0 Å². The van der Waals surface area contributed by atoms with Gasteiger partial charge in [-0.05, 0) is 19.8 Å². The Morgan fingerprint density at radius 3 is 2.71 bits per heavy atom. The average Bonchev–Trinajstić information content (AvgIpc) is 2.16. The van der Waals surface area contributed by atoms with Gasteiger partial charge < -0.3 is 10.6 Å². The van der Waals surface area contributed by atoms with Gasteiger partial charge in [0.1, 0.15) is 0 Å². The van der Waals surface area contributed by atoms with Gasteiger partial charge in [-0.2, -0.15) is 0 Å². The van der Waals surface area contributed by atoms with E-state index in [0.29, 0.717) is 6.54 Å². The lowest BCUT2D eigenvalue weighted by Gasteiger charge is -2.32. The number of nitrogens with two attached hydrogens (primary N) is 1. The summed E-state index contributed by atoms with van der Waals surface area (Å²) in [6, 6.07) is 0. The van der Waals surface area contributed by atoms with Crippen molar-refractivity contribution in [3.63, 3.8) is 0 Å². The number of likely N-dealkylation sites (tertiary alicyclic amines) is 1. The molecule has 0 aliphatic carbocycles. The van der Waals surface area contributed by atoms with E-state index in [1.807, 2.05) is 0 Å². The molecule has 5 heteroatoms. The van der Waals surface area contributed by atoms with Crippen molar-refractivity contribution in [3.8, 4) is 0 Å². The van der Waals surface area contributed by atoms with Crippen LogP contribution in [0.1, 0.15) is 19.8 Å². The third-order valence-corrected chi connectivity index (χ3v) is 2.87. The summed E-state index contributed by atoms with van der Waals surface area (Å²) in [5.74, 6) is -0.431. The Hall–Kier alpha value is -0.580. The molecule has 1 aliphatic heterocycles. The van der Waals surface area contributed by atoms with Crippen LogP contribution in [0, 0.1) is 5.92 Å². The second kappa shape index (κ2) is 4.77. The maximum absolute atomic E-state index is 11.6. The van der Waals surface area contributed by atoms with E-state index in [1.54, 1.807) is 11.8 Å². The lowest BCUT2D eigenvalue weighted by atomic mass is 9.97. The summed E-state index contributed by atoms with van der Waals surface area (Å²) in [5, 5.41) is 0. The number of carbonyl (C=O) groups excluding carboxylic acids is 2. The second-order valence-corrected chi connectivity index (χ2v) is 5.02. The van der Waals surface area contributed by atoms with E-state index in [0.717, 1.165) is 19.4 Å². The molecule has 0 aromatic heterocycles. The number of amides is 2. The second-order valence-electron chi connectivity index (χ2n) is 3.64. The van der Waals surface area contributed by atoms with Crippen LogP contribution in [0.3, 0.4) is 0 Å². The SMILES string of the molecule is CC(Br)C(=O)N1CCCC(C(N)=O)C1. The smallest absolute Gasteiger partial charge is 0.236 e. The van der Waals surface area contributed by atoms with Gasteiger partial charge in [-0.1, -0.05) is 15.9 Å². The average molecular weight is 263 g/mol. The molecule has 0 saturated carbocycles. The molecule has 1 rings (SSSR count). The van der Waals surface area contributed by atoms with Crippen molar-refractivity contribution in [2.45, 2.75) is 24.6 Å². The molecule has 0 spiro atoms. The van der Waals surface area contributed by atoms with E-state index < -0.39 is 0 Å². The summed E-state index contributed by atoms with van der Waals surface area (Å²) < 4.78 is 0. The molecular weight excluding hydrogens is 248 g/mol. The zero-order valence-electron chi connectivity index (χ0n) is 8.20. The van der Waals surface area contributed by atoms with E-state index in [1.165, 1.54) is 0 Å². The first-order valence-electron chi connectivity index (χ1n) is 4.74. The fourth-order valence-corrected chi connectivity index (χ4v) is 1.95. The monoisotopic (exact) mass is 262 g/mol. The molecule has 1 aliphatic rings. The van der Waals surface area contributed by atoms with Crippen molar-refractivity contribution in [2.24, 2.45) is 11.7 Å². The molecule has 1 saturated heterocycles. The van der Waals surface area contributed by atoms with Crippen LogP contribution in [0.4, 0.5) is 0 Å². The van der Waals surface area contributed by atoms with E-state index in [9.17, 15) is 9.59 Å². The summed E-state index contributed by atoms with van der Waals surface area (Å²) in [5.41, 5.74) is 5.22. The van der Waals surface area contributed by atoms with E-state index in [-0.39, 0.29) is 22.6 Å². The molecule has 2 unspecified atom stereocenters. The van der Waals surface area contributed by atoms with E-state index in [4.69, 9.17) is 5.73 Å². The third-order valence-electron chi connectivity index (χ3n) is 2.48. The van der Waals surface area contributed by atoms with Gasteiger partial charge in [-0.15, -0.1) is 0 Å². The highest BCUT2D eigenvalue weighted by atomic mass is 79.9. The molecule has 2 N–H and O–H groups in total. The Bertz CT molecular complexity index is 243. The highest BCUT2D eigenvalue weighted by molar-refractivity contribution is 9.10. The predicted octanol–water partition coefficient (Wildman–Crippen LogP) is 0.494. The molecule has 1 fully saturated rings. The number of piperidine rings is 1. The van der Waals surface area contributed by atoms with Crippen LogP contribution in [0.15, 0.2) is 0 Å². The minimum absolute atomic E-state index is 0.0379. The molecule has 0 radical (unpaired) electrons. The number of hydrogen-bond acceptors (Lipinski definition) is 2. The van der Waals surface area contributed by atoms with Crippen LogP contribution < -0.4 is 5.73 Å². The molecule has 14 heavy (non-hydrogen) atoms. The summed E-state index contributed by atoms with van der Waals surface area (Å²) in [4.78, 5) is 24.1. The summed E-state index contributed by atoms with van der Waals surface area (Å²) >= 11 is 3.22. The van der Waals surface area contributed by atoms with E-state index >= 15 is 0 Å². The van der Waals surface area contributed by atoms with Crippen LogP contribution in [-0.2, 0) is 9.59 Å². The lowest BCUT2D eigenvalue weighted by Crippen LogP contribution is -2.46. The molecule has 0 aromatic carbocycles. The molecule has 2 amide bonds. The van der Waals surface area contributed by atoms with Gasteiger partial charge in [0, 0.05) is 13.1 Å². The van der Waals surface area contributed by atoms with Gasteiger partial charge in [0.25, 0.3) is 0 Å². The van der Waals surface area contributed by atoms with Gasteiger partial charge in [0.05, 0.1) is 10.7 Å². The number of rotatable bonds is 2. The zero-order valence-corrected chi connectivity index (χ0v) is 9.79. The molecule has 0 aromatic rings. The molecule has 1 heterocycles. The van der Waals surface area contributed by atoms with Crippen molar-refractivity contribution in [2.75, 3.05) is 13.1 Å². The van der Waals surface area contributed by atoms with Gasteiger partial charge in [0.2, 0.25) is 11.8 Å². The Kier molecular flexibility index (Phi) is 3.92. The van der Waals surface area contributed by atoms with Gasteiger partial charge >= 0.3 is 0 Å². The van der Waals surface area contributed by atoms with Crippen LogP contribution in [-0.4, -0.2) is 34.6 Å². The number of nitrogens with zero attached hydrogens (tertiary/aromatic N) is 1. The summed E-state index contributed by atoms with van der Waals surface area (Å²) in [7, 11) is 0. The highest BCUT2D eigenvalue weighted by Gasteiger charge is 2.28. The number of alkyl halides is 1. The van der Waals surface area contributed by atoms with Gasteiger partial charge in [-0.3, -0.25) is 9.59 Å². The van der Waals surface area contributed by atoms with Gasteiger partial charge in [0.15, 0.2) is 0 Å². The number of hydrogen-bond donors (Lipinski definition) is 1. The van der Waals surface area contributed by atoms with Crippen molar-refractivity contribution in [1.29, 1.82) is 0 Å². The Morgan fingerprint density at radius 2 is 2.21 bits per heavy atom. The predicted molar refractivity (Wildman–Crippen MR) is 56.9 cm³/mol. The first-order valence-corrected chi connectivity index (χ1v) is 5.66. The Balaban J connectivity index is 2.56. The van der Waals surface area contributed by atoms with Crippen molar-refractivity contribution in [1.82, 2.24) is 4.90 Å². The molecular formula is C9H15BrN2O2. The van der Waals surface area contributed by atoms with Crippen molar-refractivity contribution >= 4 is 27.7 Å².